The van der Waals surface area contributed by atoms with Crippen LogP contribution in [0.25, 0.3) is 5.78 Å². The van der Waals surface area contributed by atoms with E-state index in [1.54, 1.807) is 0 Å². The molecule has 0 saturated carbocycles. The summed E-state index contributed by atoms with van der Waals surface area (Å²) in [6.45, 7) is 0.372. The average molecular weight is 180 g/mol. The van der Waals surface area contributed by atoms with E-state index in [2.05, 4.69) is 20.5 Å². The van der Waals surface area contributed by atoms with Crippen molar-refractivity contribution in [1.82, 2.24) is 25.0 Å². The van der Waals surface area contributed by atoms with E-state index in [9.17, 15) is 5.11 Å². The number of hydrazine groups is 1. The summed E-state index contributed by atoms with van der Waals surface area (Å²) in [5, 5.41) is 13.2. The van der Waals surface area contributed by atoms with Crippen molar-refractivity contribution >= 4 is 5.78 Å². The maximum atomic E-state index is 9.42. The fourth-order valence-electron chi connectivity index (χ4n) is 1.04. The third-order valence-corrected chi connectivity index (χ3v) is 1.57. The fraction of sp³-hybridized carbons (Fsp3) is 0.167. The van der Waals surface area contributed by atoms with Crippen molar-refractivity contribution in [2.45, 2.75) is 6.54 Å². The van der Waals surface area contributed by atoms with Crippen molar-refractivity contribution in [3.63, 3.8) is 0 Å². The Hall–Kier alpha value is -1.73. The summed E-state index contributed by atoms with van der Waals surface area (Å²) in [7, 11) is 0. The largest absolute Gasteiger partial charge is 0.493 e. The Balaban J connectivity index is 2.56. The van der Waals surface area contributed by atoms with Crippen molar-refractivity contribution < 1.29 is 5.11 Å². The number of rotatable bonds is 2. The SMILES string of the molecule is NNCc1cc(O)n2ncnc2n1. The highest BCUT2D eigenvalue weighted by Gasteiger charge is 2.04. The average Bonchev–Trinajstić information content (AvgIpc) is 2.53. The van der Waals surface area contributed by atoms with Gasteiger partial charge in [-0.15, -0.1) is 0 Å². The number of nitrogens with one attached hydrogen (secondary N) is 1. The lowest BCUT2D eigenvalue weighted by Gasteiger charge is -2.00. The molecule has 13 heavy (non-hydrogen) atoms. The molecule has 0 aliphatic carbocycles. The molecule has 68 valence electrons. The number of nitrogens with zero attached hydrogens (tertiary/aromatic N) is 4. The Bertz CT molecular complexity index is 424. The van der Waals surface area contributed by atoms with E-state index < -0.39 is 0 Å². The predicted octanol–water partition coefficient (Wildman–Crippen LogP) is -1.21. The number of nitrogens with two attached hydrogens (primary N) is 1. The summed E-state index contributed by atoms with van der Waals surface area (Å²) >= 11 is 0. The molecule has 2 aromatic rings. The van der Waals surface area contributed by atoms with Crippen LogP contribution in [0.5, 0.6) is 5.88 Å². The van der Waals surface area contributed by atoms with Gasteiger partial charge in [0.1, 0.15) is 6.33 Å². The molecule has 2 rings (SSSR count). The molecule has 0 fully saturated rings. The Kier molecular flexibility index (Phi) is 1.80. The Morgan fingerprint density at radius 3 is 3.23 bits per heavy atom. The maximum absolute atomic E-state index is 9.42. The monoisotopic (exact) mass is 180 g/mol. The number of hydrogen-bond acceptors (Lipinski definition) is 6. The first-order valence-electron chi connectivity index (χ1n) is 3.63. The van der Waals surface area contributed by atoms with Crippen molar-refractivity contribution in [2.24, 2.45) is 5.84 Å². The minimum Gasteiger partial charge on any atom is -0.493 e. The summed E-state index contributed by atoms with van der Waals surface area (Å²) in [6.07, 6.45) is 1.32. The van der Waals surface area contributed by atoms with Crippen LogP contribution >= 0.6 is 0 Å². The van der Waals surface area contributed by atoms with E-state index in [-0.39, 0.29) is 5.88 Å². The van der Waals surface area contributed by atoms with E-state index in [0.717, 1.165) is 0 Å². The summed E-state index contributed by atoms with van der Waals surface area (Å²) in [4.78, 5) is 7.91. The molecule has 0 spiro atoms. The van der Waals surface area contributed by atoms with E-state index in [0.29, 0.717) is 18.0 Å². The van der Waals surface area contributed by atoms with Crippen molar-refractivity contribution in [2.75, 3.05) is 0 Å². The summed E-state index contributed by atoms with van der Waals surface area (Å²) in [5.41, 5.74) is 3.05. The number of fused-ring (bicyclic) bond motifs is 1. The van der Waals surface area contributed by atoms with Crippen LogP contribution in [-0.2, 0) is 6.54 Å². The Labute approximate surface area is 73.2 Å². The topological polar surface area (TPSA) is 101 Å². The molecular formula is C6H8N6O. The van der Waals surface area contributed by atoms with Gasteiger partial charge in [0.25, 0.3) is 5.78 Å². The van der Waals surface area contributed by atoms with Crippen LogP contribution in [0.3, 0.4) is 0 Å². The van der Waals surface area contributed by atoms with Crippen LogP contribution in [0.2, 0.25) is 0 Å². The molecule has 4 N–H and O–H groups in total. The lowest BCUT2D eigenvalue weighted by Crippen LogP contribution is -2.21. The highest BCUT2D eigenvalue weighted by atomic mass is 16.3. The molecule has 0 atom stereocenters. The fourth-order valence-corrected chi connectivity index (χ4v) is 1.04. The van der Waals surface area contributed by atoms with Crippen LogP contribution in [0.15, 0.2) is 12.4 Å². The van der Waals surface area contributed by atoms with Gasteiger partial charge in [-0.1, -0.05) is 0 Å². The summed E-state index contributed by atoms with van der Waals surface area (Å²) in [5.74, 6) is 5.46. The van der Waals surface area contributed by atoms with Gasteiger partial charge in [-0.25, -0.2) is 4.98 Å². The first kappa shape index (κ1) is 7.90. The van der Waals surface area contributed by atoms with Gasteiger partial charge >= 0.3 is 0 Å². The van der Waals surface area contributed by atoms with Gasteiger partial charge in [-0.05, 0) is 0 Å². The zero-order valence-corrected chi connectivity index (χ0v) is 6.68. The van der Waals surface area contributed by atoms with E-state index >= 15 is 0 Å². The second-order valence-corrected chi connectivity index (χ2v) is 2.46. The van der Waals surface area contributed by atoms with Gasteiger partial charge < -0.3 is 5.11 Å². The van der Waals surface area contributed by atoms with E-state index in [1.807, 2.05) is 0 Å². The van der Waals surface area contributed by atoms with Gasteiger partial charge in [0, 0.05) is 6.07 Å². The molecule has 7 heteroatoms. The third kappa shape index (κ3) is 1.30. The molecule has 2 heterocycles. The Morgan fingerprint density at radius 2 is 2.46 bits per heavy atom. The molecule has 7 nitrogen and oxygen atoms in total. The molecule has 0 aliphatic rings. The molecule has 0 aromatic carbocycles. The minimum atomic E-state index is -0.00671. The number of hydrogen-bond donors (Lipinski definition) is 3. The lowest BCUT2D eigenvalue weighted by atomic mass is 10.4. The zero-order valence-electron chi connectivity index (χ0n) is 6.68. The number of aromatic hydroxyl groups is 1. The zero-order chi connectivity index (χ0) is 9.26. The molecule has 0 radical (unpaired) electrons. The van der Waals surface area contributed by atoms with Gasteiger partial charge in [0.15, 0.2) is 0 Å². The molecule has 0 bridgehead atoms. The van der Waals surface area contributed by atoms with E-state index in [1.165, 1.54) is 16.9 Å². The van der Waals surface area contributed by atoms with Crippen LogP contribution in [0, 0.1) is 0 Å². The highest BCUT2D eigenvalue weighted by Crippen LogP contribution is 2.10. The van der Waals surface area contributed by atoms with Crippen LogP contribution in [0.1, 0.15) is 5.69 Å². The minimum absolute atomic E-state index is 0.00671. The van der Waals surface area contributed by atoms with Crippen LogP contribution < -0.4 is 11.3 Å². The third-order valence-electron chi connectivity index (χ3n) is 1.57. The van der Waals surface area contributed by atoms with Gasteiger partial charge in [-0.3, -0.25) is 11.3 Å². The molecular weight excluding hydrogens is 172 g/mol. The van der Waals surface area contributed by atoms with Gasteiger partial charge in [-0.2, -0.15) is 14.6 Å². The number of aromatic nitrogens is 4. The molecule has 0 unspecified atom stereocenters. The normalized spacial score (nSPS) is 10.8. The van der Waals surface area contributed by atoms with Gasteiger partial charge in [0.05, 0.1) is 12.2 Å². The maximum Gasteiger partial charge on any atom is 0.255 e. The second kappa shape index (κ2) is 2.96. The molecule has 0 amide bonds. The van der Waals surface area contributed by atoms with Crippen LogP contribution in [-0.4, -0.2) is 24.7 Å². The summed E-state index contributed by atoms with van der Waals surface area (Å²) in [6, 6.07) is 1.47. The highest BCUT2D eigenvalue weighted by molar-refractivity contribution is 5.32. The standard InChI is InChI=1S/C6H8N6O/c7-9-2-4-1-5(13)12-6(11-4)8-3-10-12/h1,3,9,13H,2,7H2. The van der Waals surface area contributed by atoms with Crippen molar-refractivity contribution in [3.05, 3.63) is 18.1 Å². The molecule has 2 aromatic heterocycles. The summed E-state index contributed by atoms with van der Waals surface area (Å²) < 4.78 is 1.24. The van der Waals surface area contributed by atoms with Crippen LogP contribution in [0.4, 0.5) is 0 Å². The van der Waals surface area contributed by atoms with Gasteiger partial charge in [0.2, 0.25) is 5.88 Å². The first-order chi connectivity index (χ1) is 6.31. The molecule has 0 aliphatic heterocycles. The van der Waals surface area contributed by atoms with Crippen molar-refractivity contribution in [3.8, 4) is 5.88 Å². The molecule has 0 saturated heterocycles. The second-order valence-electron chi connectivity index (χ2n) is 2.46. The van der Waals surface area contributed by atoms with E-state index in [4.69, 9.17) is 5.84 Å². The smallest absolute Gasteiger partial charge is 0.255 e. The predicted molar refractivity (Wildman–Crippen MR) is 43.5 cm³/mol. The quantitative estimate of drug-likeness (QED) is 0.396. The Morgan fingerprint density at radius 1 is 1.62 bits per heavy atom. The lowest BCUT2D eigenvalue weighted by molar-refractivity contribution is 0.433. The first-order valence-corrected chi connectivity index (χ1v) is 3.63. The van der Waals surface area contributed by atoms with Crippen molar-refractivity contribution in [1.29, 1.82) is 0 Å².